The van der Waals surface area contributed by atoms with Crippen molar-refractivity contribution in [1.82, 2.24) is 9.97 Å². The Kier molecular flexibility index (Phi) is 5.17. The quantitative estimate of drug-likeness (QED) is 0.640. The van der Waals surface area contributed by atoms with Crippen molar-refractivity contribution in [2.45, 2.75) is 25.2 Å². The Morgan fingerprint density at radius 2 is 1.94 bits per heavy atom. The highest BCUT2D eigenvalue weighted by Gasteiger charge is 2.38. The van der Waals surface area contributed by atoms with Gasteiger partial charge in [-0.25, -0.2) is 9.78 Å². The standard InChI is InChI=1S/C25H25N3O4/c1-31-18-7-3-15(4-8-18)20-13-28(23-12-17(25(30)32-2)5-9-19(20)23)24(29)16-6-10-21-22(11-16)27-14-26-21/h3-5,7-9,12,14,16,20H,6,10-11,13H2,1-2H3,(H,26,27). The van der Waals surface area contributed by atoms with Gasteiger partial charge in [-0.15, -0.1) is 0 Å². The van der Waals surface area contributed by atoms with Crippen molar-refractivity contribution in [1.29, 1.82) is 0 Å². The van der Waals surface area contributed by atoms with E-state index in [0.717, 1.165) is 46.8 Å². The minimum atomic E-state index is -0.409. The zero-order valence-corrected chi connectivity index (χ0v) is 18.1. The molecule has 0 bridgehead atoms. The zero-order valence-electron chi connectivity index (χ0n) is 18.1. The summed E-state index contributed by atoms with van der Waals surface area (Å²) in [7, 11) is 3.01. The summed E-state index contributed by atoms with van der Waals surface area (Å²) in [4.78, 5) is 35.2. The first-order chi connectivity index (χ1) is 15.6. The lowest BCUT2D eigenvalue weighted by atomic mass is 9.88. The van der Waals surface area contributed by atoms with Gasteiger partial charge < -0.3 is 19.4 Å². The maximum atomic E-state index is 13.7. The molecule has 0 saturated heterocycles. The maximum absolute atomic E-state index is 13.7. The molecule has 3 aromatic rings. The molecule has 2 atom stereocenters. The highest BCUT2D eigenvalue weighted by Crippen LogP contribution is 2.42. The van der Waals surface area contributed by atoms with Gasteiger partial charge in [0, 0.05) is 36.2 Å². The summed E-state index contributed by atoms with van der Waals surface area (Å²) in [5, 5.41) is 0. The smallest absolute Gasteiger partial charge is 0.337 e. The van der Waals surface area contributed by atoms with E-state index in [-0.39, 0.29) is 17.7 Å². The number of imidazole rings is 1. The maximum Gasteiger partial charge on any atom is 0.337 e. The number of fused-ring (bicyclic) bond motifs is 2. The number of nitrogens with one attached hydrogen (secondary N) is 1. The first-order valence-electron chi connectivity index (χ1n) is 10.8. The SMILES string of the molecule is COC(=O)c1ccc2c(c1)N(C(=O)C1CCc3nc[nH]c3C1)CC2c1ccc(OC)cc1. The van der Waals surface area contributed by atoms with Crippen molar-refractivity contribution in [2.75, 3.05) is 25.7 Å². The number of ether oxygens (including phenoxy) is 2. The zero-order chi connectivity index (χ0) is 22.2. The van der Waals surface area contributed by atoms with Crippen molar-refractivity contribution in [2.24, 2.45) is 5.92 Å². The number of aromatic nitrogens is 2. The van der Waals surface area contributed by atoms with Crippen LogP contribution in [0.1, 0.15) is 45.2 Å². The monoisotopic (exact) mass is 431 g/mol. The highest BCUT2D eigenvalue weighted by atomic mass is 16.5. The minimum absolute atomic E-state index is 0.0258. The molecule has 1 aliphatic heterocycles. The number of benzene rings is 2. The fourth-order valence-corrected chi connectivity index (χ4v) is 4.86. The van der Waals surface area contributed by atoms with Crippen LogP contribution in [0, 0.1) is 5.92 Å². The van der Waals surface area contributed by atoms with Crippen LogP contribution in [0.15, 0.2) is 48.8 Å². The molecule has 1 amide bonds. The summed E-state index contributed by atoms with van der Waals surface area (Å²) >= 11 is 0. The Hall–Kier alpha value is -3.61. The third kappa shape index (κ3) is 3.43. The first-order valence-corrected chi connectivity index (χ1v) is 10.8. The highest BCUT2D eigenvalue weighted by molar-refractivity contribution is 6.00. The number of carbonyl (C=O) groups is 2. The molecule has 0 fully saturated rings. The van der Waals surface area contributed by atoms with Crippen LogP contribution in [0.25, 0.3) is 0 Å². The number of aromatic amines is 1. The predicted molar refractivity (Wildman–Crippen MR) is 119 cm³/mol. The second kappa shape index (κ2) is 8.15. The topological polar surface area (TPSA) is 84.5 Å². The second-order valence-electron chi connectivity index (χ2n) is 8.31. The summed E-state index contributed by atoms with van der Waals surface area (Å²) in [6.07, 6.45) is 3.92. The van der Waals surface area contributed by atoms with E-state index in [2.05, 4.69) is 9.97 Å². The number of hydrogen-bond acceptors (Lipinski definition) is 5. The molecule has 0 radical (unpaired) electrons. The van der Waals surface area contributed by atoms with Crippen LogP contribution >= 0.6 is 0 Å². The molecular formula is C25H25N3O4. The normalized spacial score (nSPS) is 19.2. The van der Waals surface area contributed by atoms with Crippen molar-refractivity contribution >= 4 is 17.6 Å². The van der Waals surface area contributed by atoms with E-state index < -0.39 is 5.97 Å². The Labute approximate surface area is 186 Å². The lowest BCUT2D eigenvalue weighted by molar-refractivity contribution is -0.122. The van der Waals surface area contributed by atoms with E-state index in [4.69, 9.17) is 9.47 Å². The Morgan fingerprint density at radius 3 is 2.69 bits per heavy atom. The van der Waals surface area contributed by atoms with Crippen LogP contribution < -0.4 is 9.64 Å². The summed E-state index contributed by atoms with van der Waals surface area (Å²) in [5.74, 6) is 0.376. The molecular weight excluding hydrogens is 406 g/mol. The molecule has 7 nitrogen and oxygen atoms in total. The van der Waals surface area contributed by atoms with Gasteiger partial charge in [-0.3, -0.25) is 4.79 Å². The van der Waals surface area contributed by atoms with Crippen molar-refractivity contribution < 1.29 is 19.1 Å². The van der Waals surface area contributed by atoms with Crippen LogP contribution in [-0.2, 0) is 22.4 Å². The Morgan fingerprint density at radius 1 is 1.12 bits per heavy atom. The van der Waals surface area contributed by atoms with Crippen LogP contribution in [-0.4, -0.2) is 42.6 Å². The Balaban J connectivity index is 1.50. The second-order valence-corrected chi connectivity index (χ2v) is 8.31. The lowest BCUT2D eigenvalue weighted by Gasteiger charge is -2.27. The van der Waals surface area contributed by atoms with E-state index in [1.807, 2.05) is 35.2 Å². The third-order valence-electron chi connectivity index (χ3n) is 6.60. The van der Waals surface area contributed by atoms with Gasteiger partial charge in [-0.05, 0) is 48.2 Å². The fourth-order valence-electron chi connectivity index (χ4n) is 4.86. The number of carbonyl (C=O) groups excluding carboxylic acids is 2. The van der Waals surface area contributed by atoms with Crippen molar-refractivity contribution in [3.63, 3.8) is 0 Å². The fraction of sp³-hybridized carbons (Fsp3) is 0.320. The molecule has 0 spiro atoms. The van der Waals surface area contributed by atoms with E-state index in [9.17, 15) is 9.59 Å². The first kappa shape index (κ1) is 20.3. The lowest BCUT2D eigenvalue weighted by Crippen LogP contribution is -2.38. The van der Waals surface area contributed by atoms with Crippen LogP contribution in [0.2, 0.25) is 0 Å². The van der Waals surface area contributed by atoms with Gasteiger partial charge in [-0.1, -0.05) is 18.2 Å². The third-order valence-corrected chi connectivity index (χ3v) is 6.60. The molecule has 2 heterocycles. The van der Waals surface area contributed by atoms with Gasteiger partial charge >= 0.3 is 5.97 Å². The summed E-state index contributed by atoms with van der Waals surface area (Å²) < 4.78 is 10.2. The van der Waals surface area contributed by atoms with Crippen molar-refractivity contribution in [3.05, 3.63) is 76.9 Å². The molecule has 7 heteroatoms. The number of esters is 1. The summed E-state index contributed by atoms with van der Waals surface area (Å²) in [6, 6.07) is 13.4. The number of anilines is 1. The number of nitrogens with zero attached hydrogens (tertiary/aromatic N) is 2. The molecule has 5 rings (SSSR count). The van der Waals surface area contributed by atoms with Gasteiger partial charge in [0.05, 0.1) is 31.8 Å². The van der Waals surface area contributed by atoms with Gasteiger partial charge in [-0.2, -0.15) is 0 Å². The van der Waals surface area contributed by atoms with E-state index in [1.54, 1.807) is 25.6 Å². The summed E-state index contributed by atoms with van der Waals surface area (Å²) in [6.45, 7) is 0.539. The Bertz CT molecular complexity index is 1170. The molecule has 164 valence electrons. The van der Waals surface area contributed by atoms with Gasteiger partial charge in [0.25, 0.3) is 0 Å². The predicted octanol–water partition coefficient (Wildman–Crippen LogP) is 3.49. The number of hydrogen-bond donors (Lipinski definition) is 1. The molecule has 0 saturated carbocycles. The average molecular weight is 431 g/mol. The number of methoxy groups -OCH3 is 2. The number of H-pyrrole nitrogens is 1. The van der Waals surface area contributed by atoms with E-state index >= 15 is 0 Å². The average Bonchev–Trinajstić information content (AvgIpc) is 3.47. The van der Waals surface area contributed by atoms with Gasteiger partial charge in [0.15, 0.2) is 0 Å². The van der Waals surface area contributed by atoms with E-state index in [0.29, 0.717) is 18.5 Å². The molecule has 1 aliphatic carbocycles. The minimum Gasteiger partial charge on any atom is -0.497 e. The van der Waals surface area contributed by atoms with Gasteiger partial charge in [0.1, 0.15) is 5.75 Å². The molecule has 1 aromatic heterocycles. The van der Waals surface area contributed by atoms with Crippen molar-refractivity contribution in [3.8, 4) is 5.75 Å². The molecule has 2 aromatic carbocycles. The molecule has 1 N–H and O–H groups in total. The molecule has 32 heavy (non-hydrogen) atoms. The molecule has 2 unspecified atom stereocenters. The van der Waals surface area contributed by atoms with Crippen LogP contribution in [0.5, 0.6) is 5.75 Å². The number of rotatable bonds is 4. The van der Waals surface area contributed by atoms with Crippen LogP contribution in [0.3, 0.4) is 0 Å². The number of amides is 1. The largest absolute Gasteiger partial charge is 0.497 e. The molecule has 2 aliphatic rings. The number of aryl methyl sites for hydroxylation is 1. The van der Waals surface area contributed by atoms with Gasteiger partial charge in [0.2, 0.25) is 5.91 Å². The van der Waals surface area contributed by atoms with Crippen LogP contribution in [0.4, 0.5) is 5.69 Å². The summed E-state index contributed by atoms with van der Waals surface area (Å²) in [5.41, 5.74) is 5.47. The van der Waals surface area contributed by atoms with E-state index in [1.165, 1.54) is 7.11 Å².